The summed E-state index contributed by atoms with van der Waals surface area (Å²) in [5.74, 6) is -4.16. The van der Waals surface area contributed by atoms with Gasteiger partial charge in [0, 0.05) is 5.57 Å². The Morgan fingerprint density at radius 3 is 2.38 bits per heavy atom. The van der Waals surface area contributed by atoms with Crippen molar-refractivity contribution in [3.63, 3.8) is 0 Å². The second kappa shape index (κ2) is 6.65. The molecule has 0 aromatic heterocycles. The van der Waals surface area contributed by atoms with Crippen LogP contribution < -0.4 is 4.74 Å². The van der Waals surface area contributed by atoms with Crippen LogP contribution in [0.3, 0.4) is 0 Å². The van der Waals surface area contributed by atoms with E-state index < -0.39 is 69.2 Å². The Hall–Kier alpha value is -2.76. The molecule has 3 aliphatic rings. The molecule has 0 aliphatic carbocycles. The normalized spacial score (nSPS) is 32.0. The molecule has 11 heteroatoms. The summed E-state index contributed by atoms with van der Waals surface area (Å²) in [6.07, 6.45) is -3.44. The highest BCUT2D eigenvalue weighted by Gasteiger charge is 2.72. The first-order valence-corrected chi connectivity index (χ1v) is 9.99. The van der Waals surface area contributed by atoms with Crippen LogP contribution in [-0.4, -0.2) is 55.3 Å². The lowest BCUT2D eigenvalue weighted by Gasteiger charge is -2.27. The summed E-state index contributed by atoms with van der Waals surface area (Å²) >= 11 is 0. The third-order valence-electron chi connectivity index (χ3n) is 5.10. The second-order valence-electron chi connectivity index (χ2n) is 7.02. The highest BCUT2D eigenvalue weighted by atomic mass is 32.2. The number of hydrogen-bond acceptors (Lipinski definition) is 10. The van der Waals surface area contributed by atoms with Gasteiger partial charge in [-0.1, -0.05) is 6.58 Å². The summed E-state index contributed by atoms with van der Waals surface area (Å²) in [7, 11) is -4.64. The van der Waals surface area contributed by atoms with E-state index in [4.69, 9.17) is 18.9 Å². The lowest BCUT2D eigenvalue weighted by Crippen LogP contribution is -2.48. The Bertz CT molecular complexity index is 1010. The van der Waals surface area contributed by atoms with Crippen LogP contribution in [0.15, 0.2) is 41.3 Å². The maximum absolute atomic E-state index is 12.7. The summed E-state index contributed by atoms with van der Waals surface area (Å²) in [5, 5.41) is 0. The number of ether oxygens (including phenoxy) is 4. The van der Waals surface area contributed by atoms with E-state index in [1.807, 2.05) is 0 Å². The third-order valence-corrected chi connectivity index (χ3v) is 5.95. The SMILES string of the molecule is C=C(C)C(=O)OC1C2OC(=O)C3C2OC1C3C(=O)Oc1ccc(S(=O)(=O)[O-])cc1. The fourth-order valence-electron chi connectivity index (χ4n) is 3.82. The monoisotopic (exact) mass is 423 g/mol. The van der Waals surface area contributed by atoms with Crippen LogP contribution in [0, 0.1) is 11.8 Å². The largest absolute Gasteiger partial charge is 0.744 e. The van der Waals surface area contributed by atoms with Crippen LogP contribution in [0.1, 0.15) is 6.92 Å². The van der Waals surface area contributed by atoms with Gasteiger partial charge < -0.3 is 23.5 Å². The Morgan fingerprint density at radius 2 is 1.79 bits per heavy atom. The van der Waals surface area contributed by atoms with Gasteiger partial charge in [-0.3, -0.25) is 9.59 Å². The Morgan fingerprint density at radius 1 is 1.14 bits per heavy atom. The van der Waals surface area contributed by atoms with Gasteiger partial charge in [0.05, 0.1) is 4.90 Å². The zero-order valence-corrected chi connectivity index (χ0v) is 15.8. The molecule has 3 saturated heterocycles. The third kappa shape index (κ3) is 3.20. The molecule has 3 heterocycles. The molecule has 1 aromatic carbocycles. The molecule has 3 fully saturated rings. The minimum Gasteiger partial charge on any atom is -0.744 e. The van der Waals surface area contributed by atoms with Gasteiger partial charge >= 0.3 is 17.9 Å². The van der Waals surface area contributed by atoms with Crippen molar-refractivity contribution in [2.75, 3.05) is 0 Å². The molecule has 0 amide bonds. The van der Waals surface area contributed by atoms with E-state index in [-0.39, 0.29) is 11.3 Å². The van der Waals surface area contributed by atoms with Crippen molar-refractivity contribution < 1.29 is 46.3 Å². The Balaban J connectivity index is 1.54. The van der Waals surface area contributed by atoms with Crippen molar-refractivity contribution in [1.82, 2.24) is 0 Å². The summed E-state index contributed by atoms with van der Waals surface area (Å²) < 4.78 is 54.4. The van der Waals surface area contributed by atoms with Gasteiger partial charge in [0.2, 0.25) is 0 Å². The van der Waals surface area contributed by atoms with Crippen LogP contribution in [0.5, 0.6) is 5.75 Å². The Kier molecular flexibility index (Phi) is 4.48. The van der Waals surface area contributed by atoms with E-state index in [0.29, 0.717) is 0 Å². The van der Waals surface area contributed by atoms with Crippen molar-refractivity contribution in [3.05, 3.63) is 36.4 Å². The maximum Gasteiger partial charge on any atom is 0.333 e. The van der Waals surface area contributed by atoms with Gasteiger partial charge in [0.1, 0.15) is 39.9 Å². The van der Waals surface area contributed by atoms with Crippen molar-refractivity contribution in [2.24, 2.45) is 11.8 Å². The Labute approximate surface area is 165 Å². The number of carbonyl (C=O) groups is 3. The first-order chi connectivity index (χ1) is 13.6. The van der Waals surface area contributed by atoms with Gasteiger partial charge in [-0.25, -0.2) is 13.2 Å². The average molecular weight is 423 g/mol. The minimum absolute atomic E-state index is 0.0245. The molecular formula is C18H15O10S-. The molecule has 1 aromatic rings. The average Bonchev–Trinajstić information content (AvgIpc) is 3.24. The van der Waals surface area contributed by atoms with E-state index in [1.54, 1.807) is 0 Å². The number of fused-ring (bicyclic) bond motifs is 1. The van der Waals surface area contributed by atoms with Gasteiger partial charge in [0.15, 0.2) is 12.2 Å². The summed E-state index contributed by atoms with van der Waals surface area (Å²) in [6, 6.07) is 4.29. The van der Waals surface area contributed by atoms with Crippen LogP contribution in [0.4, 0.5) is 0 Å². The van der Waals surface area contributed by atoms with Gasteiger partial charge in [-0.2, -0.15) is 0 Å². The minimum atomic E-state index is -4.64. The van der Waals surface area contributed by atoms with Gasteiger partial charge in [-0.15, -0.1) is 0 Å². The summed E-state index contributed by atoms with van der Waals surface area (Å²) in [4.78, 5) is 36.4. The van der Waals surface area contributed by atoms with Crippen LogP contribution >= 0.6 is 0 Å². The van der Waals surface area contributed by atoms with Gasteiger partial charge in [-0.05, 0) is 31.2 Å². The van der Waals surface area contributed by atoms with E-state index in [2.05, 4.69) is 6.58 Å². The van der Waals surface area contributed by atoms with E-state index in [1.165, 1.54) is 6.92 Å². The first kappa shape index (κ1) is 19.6. The zero-order chi connectivity index (χ0) is 21.1. The lowest BCUT2D eigenvalue weighted by molar-refractivity contribution is -0.158. The quantitative estimate of drug-likeness (QED) is 0.273. The van der Waals surface area contributed by atoms with Crippen molar-refractivity contribution in [3.8, 4) is 5.75 Å². The predicted molar refractivity (Wildman–Crippen MR) is 90.3 cm³/mol. The molecule has 29 heavy (non-hydrogen) atoms. The molecule has 4 rings (SSSR count). The molecular weight excluding hydrogens is 408 g/mol. The smallest absolute Gasteiger partial charge is 0.333 e. The second-order valence-corrected chi connectivity index (χ2v) is 8.39. The van der Waals surface area contributed by atoms with Crippen molar-refractivity contribution in [2.45, 2.75) is 36.2 Å². The number of carbonyl (C=O) groups excluding carboxylic acids is 3. The number of esters is 3. The number of benzene rings is 1. The standard InChI is InChI=1S/C18H16O10S/c1-7(2)16(19)27-14-12-10(11-13(26-12)15(14)28-18(11)21)17(20)25-8-3-5-9(6-4-8)29(22,23)24/h3-6,10-15H,1H2,2H3,(H,22,23,24)/p-1. The first-order valence-electron chi connectivity index (χ1n) is 8.58. The highest BCUT2D eigenvalue weighted by molar-refractivity contribution is 7.85. The fourth-order valence-corrected chi connectivity index (χ4v) is 4.29. The molecule has 10 nitrogen and oxygen atoms in total. The van der Waals surface area contributed by atoms with Crippen LogP contribution in [0.2, 0.25) is 0 Å². The number of rotatable bonds is 5. The maximum atomic E-state index is 12.7. The topological polar surface area (TPSA) is 145 Å². The summed E-state index contributed by atoms with van der Waals surface area (Å²) in [5.41, 5.74) is 0.140. The molecule has 2 bridgehead atoms. The van der Waals surface area contributed by atoms with Crippen molar-refractivity contribution in [1.29, 1.82) is 0 Å². The molecule has 3 aliphatic heterocycles. The molecule has 6 atom stereocenters. The van der Waals surface area contributed by atoms with Crippen molar-refractivity contribution >= 4 is 28.0 Å². The van der Waals surface area contributed by atoms with E-state index in [0.717, 1.165) is 24.3 Å². The molecule has 0 radical (unpaired) electrons. The molecule has 0 N–H and O–H groups in total. The highest BCUT2D eigenvalue weighted by Crippen LogP contribution is 2.51. The van der Waals surface area contributed by atoms with Gasteiger partial charge in [0.25, 0.3) is 0 Å². The number of hydrogen-bond donors (Lipinski definition) is 0. The van der Waals surface area contributed by atoms with E-state index >= 15 is 0 Å². The predicted octanol–water partition coefficient (Wildman–Crippen LogP) is -0.0772. The van der Waals surface area contributed by atoms with E-state index in [9.17, 15) is 27.4 Å². The molecule has 154 valence electrons. The van der Waals surface area contributed by atoms with Crippen LogP contribution in [-0.2, 0) is 38.7 Å². The lowest BCUT2D eigenvalue weighted by atomic mass is 9.78. The fraction of sp³-hybridized carbons (Fsp3) is 0.389. The molecule has 0 saturated carbocycles. The molecule has 0 spiro atoms. The van der Waals surface area contributed by atoms with Crippen LogP contribution in [0.25, 0.3) is 0 Å². The zero-order valence-electron chi connectivity index (χ0n) is 15.0. The summed E-state index contributed by atoms with van der Waals surface area (Å²) in [6.45, 7) is 4.95. The molecule has 6 unspecified atom stereocenters.